The molecular weight excluding hydrogens is 380 g/mol. The predicted molar refractivity (Wildman–Crippen MR) is 80.5 cm³/mol. The van der Waals surface area contributed by atoms with Crippen LogP contribution in [0.2, 0.25) is 15.1 Å². The van der Waals surface area contributed by atoms with Crippen molar-refractivity contribution in [1.29, 1.82) is 0 Å². The third-order valence-corrected chi connectivity index (χ3v) is 3.38. The average Bonchev–Trinajstić information content (AvgIpc) is 2.85. The summed E-state index contributed by atoms with van der Waals surface area (Å²) in [6.45, 7) is -0.425. The Morgan fingerprint density at radius 1 is 1.22 bits per heavy atom. The Kier molecular flexibility index (Phi) is 5.28. The number of anilines is 1. The molecule has 5 nitrogen and oxygen atoms in total. The Morgan fingerprint density at radius 2 is 1.83 bits per heavy atom. The van der Waals surface area contributed by atoms with Crippen molar-refractivity contribution in [2.45, 2.75) is 12.7 Å². The van der Waals surface area contributed by atoms with Gasteiger partial charge in [-0.25, -0.2) is 0 Å². The van der Waals surface area contributed by atoms with Crippen LogP contribution in [0.3, 0.4) is 0 Å². The number of nitrogens with one attached hydrogen (secondary N) is 2. The van der Waals surface area contributed by atoms with E-state index in [0.717, 1.165) is 16.9 Å². The first-order valence-corrected chi connectivity index (χ1v) is 7.10. The Balaban J connectivity index is 1.97. The molecule has 1 aromatic heterocycles. The molecule has 0 spiro atoms. The maximum absolute atomic E-state index is 12.4. The minimum atomic E-state index is -4.57. The van der Waals surface area contributed by atoms with Crippen molar-refractivity contribution in [3.8, 4) is 0 Å². The van der Waals surface area contributed by atoms with Gasteiger partial charge in [-0.05, 0) is 18.2 Å². The molecule has 0 aliphatic heterocycles. The quantitative estimate of drug-likeness (QED) is 0.780. The first-order valence-electron chi connectivity index (χ1n) is 5.97. The number of nitrogens with zero attached hydrogens (tertiary/aromatic N) is 2. The van der Waals surface area contributed by atoms with Crippen LogP contribution >= 0.6 is 34.8 Å². The number of rotatable bonds is 4. The highest BCUT2D eigenvalue weighted by Crippen LogP contribution is 2.33. The molecule has 0 aliphatic carbocycles. The highest BCUT2D eigenvalue weighted by molar-refractivity contribution is 6.41. The predicted octanol–water partition coefficient (Wildman–Crippen LogP) is 4.01. The van der Waals surface area contributed by atoms with Crippen molar-refractivity contribution in [3.05, 3.63) is 45.2 Å². The fraction of sp³-hybridized carbons (Fsp3) is 0.167. The molecule has 2 N–H and O–H groups in total. The zero-order chi connectivity index (χ0) is 17.2. The number of carbonyl (C=O) groups is 1. The number of carbonyl (C=O) groups excluding carboxylic acids is 1. The second-order valence-electron chi connectivity index (χ2n) is 4.31. The lowest BCUT2D eigenvalue weighted by Crippen LogP contribution is -2.33. The fourth-order valence-corrected chi connectivity index (χ4v) is 2.49. The third-order valence-electron chi connectivity index (χ3n) is 2.57. The zero-order valence-corrected chi connectivity index (χ0v) is 13.4. The summed E-state index contributed by atoms with van der Waals surface area (Å²) in [4.78, 5) is 11.7. The van der Waals surface area contributed by atoms with Crippen molar-refractivity contribution < 1.29 is 18.0 Å². The van der Waals surface area contributed by atoms with Gasteiger partial charge in [0.15, 0.2) is 5.69 Å². The summed E-state index contributed by atoms with van der Waals surface area (Å²) in [5.41, 5.74) is 3.86. The number of benzene rings is 1. The monoisotopic (exact) mass is 386 g/mol. The SMILES string of the molecule is O=C(Cn1ccc(C(F)(F)F)n1)NNc1c(Cl)cc(Cl)cc1Cl. The van der Waals surface area contributed by atoms with Crippen LogP contribution in [0.4, 0.5) is 18.9 Å². The number of hydrogen-bond donors (Lipinski definition) is 2. The number of amides is 1. The average molecular weight is 388 g/mol. The summed E-state index contributed by atoms with van der Waals surface area (Å²) < 4.78 is 38.1. The van der Waals surface area contributed by atoms with E-state index < -0.39 is 24.3 Å². The molecule has 0 atom stereocenters. The molecular formula is C12H8Cl3F3N4O. The molecule has 23 heavy (non-hydrogen) atoms. The van der Waals surface area contributed by atoms with Gasteiger partial charge in [-0.1, -0.05) is 34.8 Å². The number of aromatic nitrogens is 2. The summed E-state index contributed by atoms with van der Waals surface area (Å²) >= 11 is 17.6. The molecule has 1 aromatic carbocycles. The lowest BCUT2D eigenvalue weighted by molar-refractivity contribution is -0.141. The van der Waals surface area contributed by atoms with E-state index in [-0.39, 0.29) is 15.7 Å². The fourth-order valence-electron chi connectivity index (χ4n) is 1.58. The smallest absolute Gasteiger partial charge is 0.296 e. The molecule has 0 saturated heterocycles. The van der Waals surface area contributed by atoms with Gasteiger partial charge >= 0.3 is 6.18 Å². The molecule has 0 unspecified atom stereocenters. The van der Waals surface area contributed by atoms with Gasteiger partial charge in [0, 0.05) is 11.2 Å². The third kappa shape index (κ3) is 4.66. The van der Waals surface area contributed by atoms with E-state index in [9.17, 15) is 18.0 Å². The van der Waals surface area contributed by atoms with Crippen LogP contribution in [-0.2, 0) is 17.5 Å². The van der Waals surface area contributed by atoms with Crippen LogP contribution in [0.25, 0.3) is 0 Å². The van der Waals surface area contributed by atoms with E-state index in [4.69, 9.17) is 34.8 Å². The summed E-state index contributed by atoms with van der Waals surface area (Å²) in [7, 11) is 0. The molecule has 2 aromatic rings. The van der Waals surface area contributed by atoms with Crippen molar-refractivity contribution in [2.75, 3.05) is 5.43 Å². The highest BCUT2D eigenvalue weighted by atomic mass is 35.5. The Labute approximate surface area is 143 Å². The molecule has 1 amide bonds. The van der Waals surface area contributed by atoms with Crippen LogP contribution in [-0.4, -0.2) is 15.7 Å². The summed E-state index contributed by atoms with van der Waals surface area (Å²) in [5, 5.41) is 3.91. The maximum Gasteiger partial charge on any atom is 0.435 e. The molecule has 11 heteroatoms. The number of hydrazine groups is 1. The molecule has 2 rings (SSSR count). The van der Waals surface area contributed by atoms with Gasteiger partial charge in [0.05, 0.1) is 15.7 Å². The van der Waals surface area contributed by atoms with Gasteiger partial charge in [-0.15, -0.1) is 0 Å². The summed E-state index contributed by atoms with van der Waals surface area (Å²) in [6, 6.07) is 3.59. The molecule has 0 saturated carbocycles. The van der Waals surface area contributed by atoms with Gasteiger partial charge in [-0.2, -0.15) is 18.3 Å². The van der Waals surface area contributed by atoms with E-state index in [2.05, 4.69) is 16.0 Å². The normalized spacial score (nSPS) is 11.4. The zero-order valence-electron chi connectivity index (χ0n) is 11.1. The minimum absolute atomic E-state index is 0.168. The largest absolute Gasteiger partial charge is 0.435 e. The van der Waals surface area contributed by atoms with Gasteiger partial charge in [0.2, 0.25) is 0 Å². The van der Waals surface area contributed by atoms with Crippen LogP contribution in [0, 0.1) is 0 Å². The van der Waals surface area contributed by atoms with Crippen LogP contribution in [0.15, 0.2) is 24.4 Å². The number of hydrogen-bond acceptors (Lipinski definition) is 3. The second-order valence-corrected chi connectivity index (χ2v) is 5.56. The Bertz CT molecular complexity index is 710. The van der Waals surface area contributed by atoms with Crippen molar-refractivity contribution in [1.82, 2.24) is 15.2 Å². The molecule has 1 heterocycles. The number of alkyl halides is 3. The van der Waals surface area contributed by atoms with Crippen molar-refractivity contribution in [2.24, 2.45) is 0 Å². The number of halogens is 6. The van der Waals surface area contributed by atoms with Gasteiger partial charge in [-0.3, -0.25) is 20.3 Å². The van der Waals surface area contributed by atoms with E-state index in [0.29, 0.717) is 5.02 Å². The molecule has 124 valence electrons. The second kappa shape index (κ2) is 6.86. The summed E-state index contributed by atoms with van der Waals surface area (Å²) in [6.07, 6.45) is -3.52. The lowest BCUT2D eigenvalue weighted by Gasteiger charge is -2.12. The van der Waals surface area contributed by atoms with Crippen LogP contribution in [0.1, 0.15) is 5.69 Å². The standard InChI is InChI=1S/C12H8Cl3F3N4O/c13-6-3-7(14)11(8(15)4-6)20-19-10(23)5-22-2-1-9(21-22)12(16,17)18/h1-4,20H,5H2,(H,19,23). The molecule has 0 radical (unpaired) electrons. The van der Waals surface area contributed by atoms with Crippen molar-refractivity contribution >= 4 is 46.4 Å². The Morgan fingerprint density at radius 3 is 2.35 bits per heavy atom. The van der Waals surface area contributed by atoms with E-state index >= 15 is 0 Å². The van der Waals surface area contributed by atoms with E-state index in [1.807, 2.05) is 0 Å². The van der Waals surface area contributed by atoms with Gasteiger partial charge < -0.3 is 0 Å². The first kappa shape index (κ1) is 17.7. The Hall–Kier alpha value is -1.64. The van der Waals surface area contributed by atoms with Crippen molar-refractivity contribution in [3.63, 3.8) is 0 Å². The molecule has 0 bridgehead atoms. The van der Waals surface area contributed by atoms with E-state index in [1.165, 1.54) is 12.1 Å². The van der Waals surface area contributed by atoms with Crippen LogP contribution in [0.5, 0.6) is 0 Å². The van der Waals surface area contributed by atoms with Gasteiger partial charge in [0.25, 0.3) is 5.91 Å². The van der Waals surface area contributed by atoms with Gasteiger partial charge in [0.1, 0.15) is 6.54 Å². The molecule has 0 aliphatic rings. The van der Waals surface area contributed by atoms with Crippen LogP contribution < -0.4 is 10.9 Å². The minimum Gasteiger partial charge on any atom is -0.296 e. The molecule has 0 fully saturated rings. The summed E-state index contributed by atoms with van der Waals surface area (Å²) in [5.74, 6) is -0.649. The maximum atomic E-state index is 12.4. The highest BCUT2D eigenvalue weighted by Gasteiger charge is 2.33. The lowest BCUT2D eigenvalue weighted by atomic mass is 10.3. The van der Waals surface area contributed by atoms with E-state index in [1.54, 1.807) is 0 Å². The topological polar surface area (TPSA) is 59.0 Å². The first-order chi connectivity index (χ1) is 10.7.